The second-order valence-corrected chi connectivity index (χ2v) is 9.34. The first-order chi connectivity index (χ1) is 12.7. The van der Waals surface area contributed by atoms with Gasteiger partial charge in [0.2, 0.25) is 11.8 Å². The minimum Gasteiger partial charge on any atom is -0.491 e. The van der Waals surface area contributed by atoms with Crippen LogP contribution < -0.4 is 4.74 Å². The Morgan fingerprint density at radius 2 is 2.11 bits per heavy atom. The molecule has 1 aromatic carbocycles. The van der Waals surface area contributed by atoms with Gasteiger partial charge in [0.15, 0.2) is 0 Å². The molecule has 1 N–H and O–H groups in total. The van der Waals surface area contributed by atoms with Crippen molar-refractivity contribution in [3.05, 3.63) is 28.3 Å². The summed E-state index contributed by atoms with van der Waals surface area (Å²) >= 11 is 7.92. The van der Waals surface area contributed by atoms with Gasteiger partial charge < -0.3 is 9.84 Å². The molecule has 1 aromatic rings. The monoisotopic (exact) mass is 411 g/mol. The number of aryl methyl sites for hydroxylation is 1. The van der Waals surface area contributed by atoms with Crippen LogP contribution in [0.4, 0.5) is 0 Å². The average molecular weight is 412 g/mol. The second-order valence-electron chi connectivity index (χ2n) is 7.83. The van der Waals surface area contributed by atoms with E-state index >= 15 is 0 Å². The van der Waals surface area contributed by atoms with Crippen molar-refractivity contribution < 1.29 is 19.4 Å². The zero-order valence-electron chi connectivity index (χ0n) is 16.0. The third-order valence-corrected chi connectivity index (χ3v) is 6.99. The van der Waals surface area contributed by atoms with Gasteiger partial charge >= 0.3 is 0 Å². The van der Waals surface area contributed by atoms with Crippen molar-refractivity contribution in [3.63, 3.8) is 0 Å². The number of hydrogen-bond acceptors (Lipinski definition) is 5. The third kappa shape index (κ3) is 4.13. The number of imide groups is 1. The molecular weight excluding hydrogens is 386 g/mol. The molecule has 3 rings (SSSR count). The van der Waals surface area contributed by atoms with E-state index in [1.165, 1.54) is 4.90 Å². The number of ether oxygens (including phenoxy) is 1. The Labute approximate surface area is 169 Å². The van der Waals surface area contributed by atoms with Crippen LogP contribution in [0, 0.1) is 12.3 Å². The van der Waals surface area contributed by atoms with E-state index in [1.54, 1.807) is 11.8 Å². The predicted octanol–water partition coefficient (Wildman–Crippen LogP) is 3.39. The van der Waals surface area contributed by atoms with Crippen LogP contribution in [-0.2, 0) is 9.59 Å². The zero-order valence-corrected chi connectivity index (χ0v) is 17.5. The summed E-state index contributed by atoms with van der Waals surface area (Å²) in [7, 11) is 0. The normalized spacial score (nSPS) is 23.7. The van der Waals surface area contributed by atoms with Gasteiger partial charge in [-0.2, -0.15) is 11.8 Å². The van der Waals surface area contributed by atoms with E-state index in [2.05, 4.69) is 0 Å². The lowest BCUT2D eigenvalue weighted by molar-refractivity contribution is -0.142. The number of thioether (sulfide) groups is 1. The third-order valence-electron chi connectivity index (χ3n) is 5.33. The van der Waals surface area contributed by atoms with Crippen molar-refractivity contribution in [2.24, 2.45) is 5.41 Å². The van der Waals surface area contributed by atoms with Crippen molar-refractivity contribution in [1.29, 1.82) is 0 Å². The highest BCUT2D eigenvalue weighted by Gasteiger charge is 2.53. The fourth-order valence-electron chi connectivity index (χ4n) is 3.66. The number of hydrogen-bond donors (Lipinski definition) is 1. The maximum absolute atomic E-state index is 12.7. The molecule has 2 saturated heterocycles. The minimum atomic E-state index is -0.932. The maximum atomic E-state index is 12.7. The highest BCUT2D eigenvalue weighted by molar-refractivity contribution is 7.99. The number of carbonyl (C=O) groups excluding carboxylic acids is 2. The summed E-state index contributed by atoms with van der Waals surface area (Å²) in [5, 5.41) is 11.1. The number of aliphatic hydroxyl groups is 1. The summed E-state index contributed by atoms with van der Waals surface area (Å²) in [5.41, 5.74) is 1.32. The quantitative estimate of drug-likeness (QED) is 0.727. The molecule has 0 aromatic heterocycles. The SMILES string of the molecule is Cc1cc(OCC(O)CN2C(=O)CC3(CCSC3)C2=O)c(C(C)C)cc1Cl. The van der Waals surface area contributed by atoms with E-state index < -0.39 is 11.5 Å². The summed E-state index contributed by atoms with van der Waals surface area (Å²) in [6, 6.07) is 3.75. The van der Waals surface area contributed by atoms with Crippen molar-refractivity contribution in [2.45, 2.75) is 45.6 Å². The van der Waals surface area contributed by atoms with Gasteiger partial charge in [-0.05, 0) is 48.3 Å². The smallest absolute Gasteiger partial charge is 0.236 e. The molecule has 0 aliphatic carbocycles. The van der Waals surface area contributed by atoms with E-state index in [4.69, 9.17) is 16.3 Å². The Bertz CT molecular complexity index is 746. The second kappa shape index (κ2) is 8.02. The summed E-state index contributed by atoms with van der Waals surface area (Å²) < 4.78 is 5.83. The summed E-state index contributed by atoms with van der Waals surface area (Å²) in [5.74, 6) is 2.17. The molecule has 2 heterocycles. The van der Waals surface area contributed by atoms with Gasteiger partial charge in [-0.1, -0.05) is 25.4 Å². The molecule has 2 atom stereocenters. The number of rotatable bonds is 6. The molecule has 2 amide bonds. The number of nitrogens with zero attached hydrogens (tertiary/aromatic N) is 1. The van der Waals surface area contributed by atoms with Gasteiger partial charge in [-0.15, -0.1) is 0 Å². The molecule has 2 unspecified atom stereocenters. The fourth-order valence-corrected chi connectivity index (χ4v) is 5.27. The molecule has 2 fully saturated rings. The van der Waals surface area contributed by atoms with E-state index in [9.17, 15) is 14.7 Å². The minimum absolute atomic E-state index is 0.0135. The Morgan fingerprint density at radius 1 is 1.37 bits per heavy atom. The van der Waals surface area contributed by atoms with Crippen LogP contribution in [-0.4, -0.2) is 52.6 Å². The van der Waals surface area contributed by atoms with Crippen molar-refractivity contribution in [1.82, 2.24) is 4.90 Å². The van der Waals surface area contributed by atoms with Gasteiger partial charge in [-0.25, -0.2) is 0 Å². The van der Waals surface area contributed by atoms with Gasteiger partial charge in [0, 0.05) is 17.2 Å². The topological polar surface area (TPSA) is 66.8 Å². The number of likely N-dealkylation sites (tertiary alicyclic amines) is 1. The number of amides is 2. The molecule has 2 aliphatic rings. The van der Waals surface area contributed by atoms with Gasteiger partial charge in [-0.3, -0.25) is 14.5 Å². The Morgan fingerprint density at radius 3 is 2.74 bits per heavy atom. The molecule has 0 saturated carbocycles. The first-order valence-corrected chi connectivity index (χ1v) is 10.8. The first-order valence-electron chi connectivity index (χ1n) is 9.27. The predicted molar refractivity (Wildman–Crippen MR) is 107 cm³/mol. The van der Waals surface area contributed by atoms with Crippen LogP contribution in [0.25, 0.3) is 0 Å². The highest BCUT2D eigenvalue weighted by atomic mass is 35.5. The van der Waals surface area contributed by atoms with Gasteiger partial charge in [0.05, 0.1) is 12.0 Å². The van der Waals surface area contributed by atoms with Crippen LogP contribution in [0.1, 0.15) is 43.7 Å². The van der Waals surface area contributed by atoms with Crippen LogP contribution >= 0.6 is 23.4 Å². The zero-order chi connectivity index (χ0) is 19.8. The number of halogens is 1. The van der Waals surface area contributed by atoms with Crippen molar-refractivity contribution in [3.8, 4) is 5.75 Å². The number of carbonyl (C=O) groups is 2. The molecule has 27 heavy (non-hydrogen) atoms. The Kier molecular flexibility index (Phi) is 6.08. The molecular formula is C20H26ClNO4S. The highest BCUT2D eigenvalue weighted by Crippen LogP contribution is 2.44. The Balaban J connectivity index is 1.64. The molecule has 1 spiro atoms. The largest absolute Gasteiger partial charge is 0.491 e. The van der Waals surface area contributed by atoms with Crippen LogP contribution in [0.15, 0.2) is 12.1 Å². The summed E-state index contributed by atoms with van der Waals surface area (Å²) in [6.45, 7) is 5.99. The molecule has 0 radical (unpaired) electrons. The molecule has 5 nitrogen and oxygen atoms in total. The molecule has 2 aliphatic heterocycles. The van der Waals surface area contributed by atoms with Crippen LogP contribution in [0.3, 0.4) is 0 Å². The van der Waals surface area contributed by atoms with E-state index in [0.29, 0.717) is 16.5 Å². The number of β-amino-alcohol motifs (C(OH)–C–C–N with tert-alkyl or cyclic N) is 1. The lowest BCUT2D eigenvalue weighted by Crippen LogP contribution is -2.42. The number of benzene rings is 1. The van der Waals surface area contributed by atoms with Crippen LogP contribution in [0.5, 0.6) is 5.75 Å². The lowest BCUT2D eigenvalue weighted by atomic mass is 9.86. The average Bonchev–Trinajstić information content (AvgIpc) is 3.16. The van der Waals surface area contributed by atoms with Crippen molar-refractivity contribution >= 4 is 35.2 Å². The maximum Gasteiger partial charge on any atom is 0.236 e. The number of aliphatic hydroxyl groups excluding tert-OH is 1. The molecule has 148 valence electrons. The van der Waals surface area contributed by atoms with E-state index in [1.807, 2.05) is 32.9 Å². The Hall–Kier alpha value is -1.24. The van der Waals surface area contributed by atoms with E-state index in [-0.39, 0.29) is 37.3 Å². The summed E-state index contributed by atoms with van der Waals surface area (Å²) in [4.78, 5) is 26.2. The fraction of sp³-hybridized carbons (Fsp3) is 0.600. The molecule has 0 bridgehead atoms. The first kappa shape index (κ1) is 20.5. The van der Waals surface area contributed by atoms with Crippen molar-refractivity contribution in [2.75, 3.05) is 24.7 Å². The van der Waals surface area contributed by atoms with E-state index in [0.717, 1.165) is 23.3 Å². The standard InChI is InChI=1S/C20H26ClNO4S/c1-12(2)15-7-16(21)13(3)6-17(15)26-10-14(23)9-22-18(24)8-20(19(22)25)4-5-27-11-20/h6-7,12,14,23H,4-5,8-11H2,1-3H3. The van der Waals surface area contributed by atoms with Gasteiger partial charge in [0.1, 0.15) is 18.5 Å². The molecule has 7 heteroatoms. The lowest BCUT2D eigenvalue weighted by Gasteiger charge is -2.23. The van der Waals surface area contributed by atoms with Gasteiger partial charge in [0.25, 0.3) is 0 Å². The van der Waals surface area contributed by atoms with Crippen LogP contribution in [0.2, 0.25) is 5.02 Å². The summed E-state index contributed by atoms with van der Waals surface area (Å²) in [6.07, 6.45) is 0.0751.